The molecule has 0 unspecified atom stereocenters. The molecule has 1 amide bonds. The maximum Gasteiger partial charge on any atom is 0.244 e. The summed E-state index contributed by atoms with van der Waals surface area (Å²) in [6.45, 7) is 3.16. The van der Waals surface area contributed by atoms with Crippen LogP contribution in [0.5, 0.6) is 0 Å². The number of hydrogen-bond donors (Lipinski definition) is 2. The summed E-state index contributed by atoms with van der Waals surface area (Å²) in [5.74, 6) is -0.0906. The third-order valence-corrected chi connectivity index (χ3v) is 2.70. The van der Waals surface area contributed by atoms with E-state index in [-0.39, 0.29) is 12.5 Å². The fourth-order valence-corrected chi connectivity index (χ4v) is 1.69. The largest absolute Gasteiger partial charge is 0.396 e. The Labute approximate surface area is 102 Å². The average Bonchev–Trinajstić information content (AvgIpc) is 2.39. The van der Waals surface area contributed by atoms with Crippen molar-refractivity contribution in [1.82, 2.24) is 4.90 Å². The van der Waals surface area contributed by atoms with Crippen LogP contribution in [0.25, 0.3) is 0 Å². The number of hydrogen-bond acceptors (Lipinski definition) is 3. The normalized spacial score (nSPS) is 12.2. The van der Waals surface area contributed by atoms with Gasteiger partial charge in [0.05, 0.1) is 0 Å². The highest BCUT2D eigenvalue weighted by Crippen LogP contribution is 2.12. The van der Waals surface area contributed by atoms with Gasteiger partial charge in [0.15, 0.2) is 0 Å². The Bertz CT molecular complexity index is 341. The molecule has 0 saturated heterocycles. The predicted octanol–water partition coefficient (Wildman–Crippen LogP) is 0.917. The molecule has 0 heterocycles. The molecule has 3 N–H and O–H groups in total. The average molecular weight is 236 g/mol. The van der Waals surface area contributed by atoms with Crippen LogP contribution >= 0.6 is 0 Å². The third-order valence-electron chi connectivity index (χ3n) is 2.70. The van der Waals surface area contributed by atoms with Gasteiger partial charge in [0, 0.05) is 19.7 Å². The molecule has 1 aromatic carbocycles. The van der Waals surface area contributed by atoms with E-state index in [0.29, 0.717) is 19.5 Å². The van der Waals surface area contributed by atoms with Gasteiger partial charge in [-0.2, -0.15) is 0 Å². The Kier molecular flexibility index (Phi) is 5.66. The minimum absolute atomic E-state index is 0.0877. The molecule has 94 valence electrons. The van der Waals surface area contributed by atoms with Gasteiger partial charge in [-0.1, -0.05) is 30.3 Å². The van der Waals surface area contributed by atoms with E-state index in [0.717, 1.165) is 5.56 Å². The lowest BCUT2D eigenvalue weighted by atomic mass is 10.1. The highest BCUT2D eigenvalue weighted by atomic mass is 16.3. The first kappa shape index (κ1) is 13.7. The van der Waals surface area contributed by atoms with Crippen molar-refractivity contribution in [3.63, 3.8) is 0 Å². The molecule has 0 spiro atoms. The van der Waals surface area contributed by atoms with E-state index in [1.807, 2.05) is 37.3 Å². The van der Waals surface area contributed by atoms with E-state index in [2.05, 4.69) is 0 Å². The molecule has 17 heavy (non-hydrogen) atoms. The molecule has 0 aliphatic heterocycles. The van der Waals surface area contributed by atoms with Gasteiger partial charge in [0.25, 0.3) is 0 Å². The van der Waals surface area contributed by atoms with Crippen LogP contribution in [-0.2, 0) is 4.79 Å². The van der Waals surface area contributed by atoms with Crippen LogP contribution in [-0.4, -0.2) is 35.6 Å². The van der Waals surface area contributed by atoms with Gasteiger partial charge in [-0.15, -0.1) is 0 Å². The summed E-state index contributed by atoms with van der Waals surface area (Å²) < 4.78 is 0. The van der Waals surface area contributed by atoms with Crippen molar-refractivity contribution >= 4 is 5.91 Å². The molecular formula is C13H20N2O2. The summed E-state index contributed by atoms with van der Waals surface area (Å²) in [4.78, 5) is 13.8. The number of nitrogens with two attached hydrogens (primary N) is 1. The molecule has 0 bridgehead atoms. The molecule has 0 saturated carbocycles. The topological polar surface area (TPSA) is 66.6 Å². The zero-order valence-corrected chi connectivity index (χ0v) is 10.2. The van der Waals surface area contributed by atoms with Crippen molar-refractivity contribution in [2.75, 3.05) is 19.7 Å². The van der Waals surface area contributed by atoms with Crippen molar-refractivity contribution < 1.29 is 9.90 Å². The summed E-state index contributed by atoms with van der Waals surface area (Å²) in [6, 6.07) is 8.71. The zero-order valence-electron chi connectivity index (χ0n) is 10.2. The Hall–Kier alpha value is -1.39. The van der Waals surface area contributed by atoms with Gasteiger partial charge in [-0.25, -0.2) is 0 Å². The van der Waals surface area contributed by atoms with Gasteiger partial charge < -0.3 is 15.7 Å². The van der Waals surface area contributed by atoms with E-state index in [9.17, 15) is 4.79 Å². The van der Waals surface area contributed by atoms with Crippen molar-refractivity contribution in [3.8, 4) is 0 Å². The van der Waals surface area contributed by atoms with E-state index < -0.39 is 6.04 Å². The summed E-state index contributed by atoms with van der Waals surface area (Å²) in [5, 5.41) is 8.78. The monoisotopic (exact) mass is 236 g/mol. The molecule has 4 nitrogen and oxygen atoms in total. The Morgan fingerprint density at radius 1 is 1.41 bits per heavy atom. The number of carbonyl (C=O) groups excluding carboxylic acids is 1. The molecule has 0 aliphatic carbocycles. The number of rotatable bonds is 6. The summed E-state index contributed by atoms with van der Waals surface area (Å²) >= 11 is 0. The maximum absolute atomic E-state index is 12.1. The first-order valence-electron chi connectivity index (χ1n) is 5.90. The molecule has 0 radical (unpaired) electrons. The molecular weight excluding hydrogens is 216 g/mol. The third kappa shape index (κ3) is 3.84. The number of likely N-dealkylation sites (N-methyl/N-ethyl adjacent to an activating group) is 1. The molecule has 1 atom stereocenters. The lowest BCUT2D eigenvalue weighted by molar-refractivity contribution is -0.132. The molecule has 1 rings (SSSR count). The Balaban J connectivity index is 2.67. The molecule has 0 aliphatic rings. The first-order valence-corrected chi connectivity index (χ1v) is 5.90. The van der Waals surface area contributed by atoms with E-state index >= 15 is 0 Å². The van der Waals surface area contributed by atoms with E-state index in [4.69, 9.17) is 10.8 Å². The molecule has 0 fully saturated rings. The second-order valence-corrected chi connectivity index (χ2v) is 3.88. The van der Waals surface area contributed by atoms with Crippen LogP contribution in [0.4, 0.5) is 0 Å². The van der Waals surface area contributed by atoms with Gasteiger partial charge in [0.1, 0.15) is 6.04 Å². The van der Waals surface area contributed by atoms with Crippen molar-refractivity contribution in [3.05, 3.63) is 35.9 Å². The van der Waals surface area contributed by atoms with Gasteiger partial charge in [-0.3, -0.25) is 4.79 Å². The number of benzene rings is 1. The van der Waals surface area contributed by atoms with Crippen LogP contribution in [0.3, 0.4) is 0 Å². The predicted molar refractivity (Wildman–Crippen MR) is 67.3 cm³/mol. The number of aliphatic hydroxyl groups is 1. The lowest BCUT2D eigenvalue weighted by Gasteiger charge is -2.24. The van der Waals surface area contributed by atoms with Crippen molar-refractivity contribution in [2.45, 2.75) is 19.4 Å². The second kappa shape index (κ2) is 7.04. The van der Waals surface area contributed by atoms with Gasteiger partial charge in [0.2, 0.25) is 5.91 Å². The minimum atomic E-state index is -0.616. The quantitative estimate of drug-likeness (QED) is 0.771. The lowest BCUT2D eigenvalue weighted by Crippen LogP contribution is -2.39. The maximum atomic E-state index is 12.1. The standard InChI is InChI=1S/C13H20N2O2/c1-2-15(9-6-10-16)13(17)12(14)11-7-4-3-5-8-11/h3-5,7-8,12,16H,2,6,9-10,14H2,1H3/t12-/m1/s1. The molecule has 4 heteroatoms. The number of amides is 1. The first-order chi connectivity index (χ1) is 8.20. The highest BCUT2D eigenvalue weighted by Gasteiger charge is 2.20. The summed E-state index contributed by atoms with van der Waals surface area (Å²) in [6.07, 6.45) is 0.584. The second-order valence-electron chi connectivity index (χ2n) is 3.88. The van der Waals surface area contributed by atoms with Crippen LogP contribution in [0, 0.1) is 0 Å². The van der Waals surface area contributed by atoms with Gasteiger partial charge >= 0.3 is 0 Å². The number of aliphatic hydroxyl groups excluding tert-OH is 1. The minimum Gasteiger partial charge on any atom is -0.396 e. The van der Waals surface area contributed by atoms with E-state index in [1.165, 1.54) is 0 Å². The Morgan fingerprint density at radius 3 is 2.59 bits per heavy atom. The van der Waals surface area contributed by atoms with Crippen LogP contribution in [0.15, 0.2) is 30.3 Å². The SMILES string of the molecule is CCN(CCCO)C(=O)[C@H](N)c1ccccc1. The number of nitrogens with zero attached hydrogens (tertiary/aromatic N) is 1. The molecule has 1 aromatic rings. The van der Waals surface area contributed by atoms with Gasteiger partial charge in [-0.05, 0) is 18.9 Å². The fraction of sp³-hybridized carbons (Fsp3) is 0.462. The molecule has 0 aromatic heterocycles. The van der Waals surface area contributed by atoms with Crippen LogP contribution < -0.4 is 5.73 Å². The van der Waals surface area contributed by atoms with Crippen LogP contribution in [0.1, 0.15) is 24.9 Å². The van der Waals surface area contributed by atoms with E-state index in [1.54, 1.807) is 4.90 Å². The van der Waals surface area contributed by atoms with Crippen molar-refractivity contribution in [2.24, 2.45) is 5.73 Å². The smallest absolute Gasteiger partial charge is 0.244 e. The van der Waals surface area contributed by atoms with Crippen LogP contribution in [0.2, 0.25) is 0 Å². The summed E-state index contributed by atoms with van der Waals surface area (Å²) in [5.41, 5.74) is 6.75. The summed E-state index contributed by atoms with van der Waals surface area (Å²) in [7, 11) is 0. The highest BCUT2D eigenvalue weighted by molar-refractivity contribution is 5.83. The zero-order chi connectivity index (χ0) is 12.7. The Morgan fingerprint density at radius 2 is 2.06 bits per heavy atom. The van der Waals surface area contributed by atoms with Crippen molar-refractivity contribution in [1.29, 1.82) is 0 Å². The number of carbonyl (C=O) groups is 1. The fourth-order valence-electron chi connectivity index (χ4n) is 1.69.